The zero-order valence-electron chi connectivity index (χ0n) is 11.1. The third kappa shape index (κ3) is 2.70. The number of nitrogens with one attached hydrogen (secondary N) is 2. The van der Waals surface area contributed by atoms with E-state index in [2.05, 4.69) is 20.5 Å². The number of nitrogens with zero attached hydrogens (tertiary/aromatic N) is 2. The summed E-state index contributed by atoms with van der Waals surface area (Å²) in [4.78, 5) is 18.5. The lowest BCUT2D eigenvalue weighted by atomic mass is 10.0. The molecule has 0 aliphatic carbocycles. The van der Waals surface area contributed by atoms with Crippen LogP contribution in [-0.4, -0.2) is 47.5 Å². The van der Waals surface area contributed by atoms with Gasteiger partial charge in [0.1, 0.15) is 6.26 Å². The molecule has 1 aliphatic rings. The fraction of sp³-hybridized carbons (Fsp3) is 0.667. The van der Waals surface area contributed by atoms with Gasteiger partial charge in [0.05, 0.1) is 11.2 Å². The molecule has 0 spiro atoms. The van der Waals surface area contributed by atoms with Gasteiger partial charge in [-0.2, -0.15) is 4.98 Å². The molecule has 0 unspecified atom stereocenters. The van der Waals surface area contributed by atoms with Crippen LogP contribution in [0.5, 0.6) is 0 Å². The van der Waals surface area contributed by atoms with E-state index in [1.807, 2.05) is 20.8 Å². The van der Waals surface area contributed by atoms with Crippen LogP contribution in [0.15, 0.2) is 10.7 Å². The number of hydrogen-bond donors (Lipinski definition) is 2. The lowest BCUT2D eigenvalue weighted by molar-refractivity contribution is -0.126. The van der Waals surface area contributed by atoms with Crippen LogP contribution in [-0.2, 0) is 4.79 Å². The van der Waals surface area contributed by atoms with Gasteiger partial charge in [-0.15, -0.1) is 0 Å². The Labute approximate surface area is 107 Å². The van der Waals surface area contributed by atoms with E-state index in [-0.39, 0.29) is 11.9 Å². The van der Waals surface area contributed by atoms with E-state index in [0.29, 0.717) is 0 Å². The van der Waals surface area contributed by atoms with Crippen LogP contribution in [0.2, 0.25) is 0 Å². The zero-order chi connectivity index (χ0) is 13.2. The lowest BCUT2D eigenvalue weighted by Gasteiger charge is -2.39. The lowest BCUT2D eigenvalue weighted by Crippen LogP contribution is -2.58. The average molecular weight is 252 g/mol. The Morgan fingerprint density at radius 1 is 1.50 bits per heavy atom. The summed E-state index contributed by atoms with van der Waals surface area (Å²) in [6.45, 7) is 9.22. The minimum absolute atomic E-state index is 0.0914. The molecule has 18 heavy (non-hydrogen) atoms. The molecule has 1 aromatic heterocycles. The Hall–Kier alpha value is -1.40. The molecule has 0 saturated carbocycles. The summed E-state index contributed by atoms with van der Waals surface area (Å²) in [5.41, 5.74) is 0.190. The van der Waals surface area contributed by atoms with Crippen LogP contribution < -0.4 is 10.6 Å². The van der Waals surface area contributed by atoms with Crippen molar-refractivity contribution < 1.29 is 9.21 Å². The van der Waals surface area contributed by atoms with Crippen molar-refractivity contribution >= 4 is 11.9 Å². The van der Waals surface area contributed by atoms with Crippen LogP contribution in [0.1, 0.15) is 19.5 Å². The molecular weight excluding hydrogens is 232 g/mol. The molecule has 0 atom stereocenters. The van der Waals surface area contributed by atoms with Gasteiger partial charge in [-0.05, 0) is 20.8 Å². The number of anilines is 1. The number of aryl methyl sites for hydroxylation is 1. The van der Waals surface area contributed by atoms with Gasteiger partial charge in [0.15, 0.2) is 0 Å². The minimum Gasteiger partial charge on any atom is -0.432 e. The number of carbonyl (C=O) groups is 1. The number of aromatic nitrogens is 1. The molecule has 100 valence electrons. The van der Waals surface area contributed by atoms with Crippen molar-refractivity contribution in [3.05, 3.63) is 12.0 Å². The first-order chi connectivity index (χ1) is 8.50. The van der Waals surface area contributed by atoms with Gasteiger partial charge in [0.25, 0.3) is 0 Å². The van der Waals surface area contributed by atoms with Gasteiger partial charge in [-0.1, -0.05) is 0 Å². The van der Waals surface area contributed by atoms with Crippen LogP contribution in [0.4, 0.5) is 6.01 Å². The molecule has 1 fully saturated rings. The summed E-state index contributed by atoms with van der Waals surface area (Å²) in [7, 11) is 0. The molecular formula is C12H20N4O2. The largest absolute Gasteiger partial charge is 0.432 e. The standard InChI is InChI=1S/C12H20N4O2/c1-9-8-18-11(14-9)15-10(17)12(2,3)16-6-4-13-5-7-16/h8,13H,4-7H2,1-3H3,(H,14,15,17). The van der Waals surface area contributed by atoms with Gasteiger partial charge in [-0.3, -0.25) is 15.0 Å². The van der Waals surface area contributed by atoms with Crippen molar-refractivity contribution in [1.29, 1.82) is 0 Å². The Kier molecular flexibility index (Phi) is 3.68. The van der Waals surface area contributed by atoms with Crippen LogP contribution >= 0.6 is 0 Å². The molecule has 2 N–H and O–H groups in total. The van der Waals surface area contributed by atoms with Gasteiger partial charge in [0, 0.05) is 26.2 Å². The Morgan fingerprint density at radius 3 is 2.72 bits per heavy atom. The predicted octanol–water partition coefficient (Wildman–Crippen LogP) is 0.605. The van der Waals surface area contributed by atoms with Crippen molar-refractivity contribution in [2.75, 3.05) is 31.5 Å². The summed E-state index contributed by atoms with van der Waals surface area (Å²) >= 11 is 0. The second-order valence-corrected chi connectivity index (χ2v) is 5.04. The highest BCUT2D eigenvalue weighted by Gasteiger charge is 2.35. The van der Waals surface area contributed by atoms with Crippen LogP contribution in [0.3, 0.4) is 0 Å². The molecule has 2 heterocycles. The molecule has 1 saturated heterocycles. The highest BCUT2D eigenvalue weighted by atomic mass is 16.4. The summed E-state index contributed by atoms with van der Waals surface area (Å²) in [5, 5.41) is 6.00. The highest BCUT2D eigenvalue weighted by molar-refractivity contribution is 5.95. The fourth-order valence-corrected chi connectivity index (χ4v) is 2.03. The molecule has 1 amide bonds. The van der Waals surface area contributed by atoms with Crippen molar-refractivity contribution in [2.24, 2.45) is 0 Å². The number of rotatable bonds is 3. The monoisotopic (exact) mass is 252 g/mol. The predicted molar refractivity (Wildman–Crippen MR) is 68.4 cm³/mol. The molecule has 0 aromatic carbocycles. The topological polar surface area (TPSA) is 70.4 Å². The van der Waals surface area contributed by atoms with Crippen molar-refractivity contribution in [2.45, 2.75) is 26.3 Å². The number of oxazole rings is 1. The van der Waals surface area contributed by atoms with E-state index in [1.165, 1.54) is 6.26 Å². The first kappa shape index (κ1) is 13.0. The summed E-state index contributed by atoms with van der Waals surface area (Å²) in [5.74, 6) is -0.0914. The normalized spacial score (nSPS) is 17.7. The third-order valence-electron chi connectivity index (χ3n) is 3.30. The van der Waals surface area contributed by atoms with Gasteiger partial charge in [-0.25, -0.2) is 0 Å². The van der Waals surface area contributed by atoms with Crippen molar-refractivity contribution in [3.63, 3.8) is 0 Å². The first-order valence-corrected chi connectivity index (χ1v) is 6.19. The molecule has 0 bridgehead atoms. The molecule has 6 nitrogen and oxygen atoms in total. The SMILES string of the molecule is Cc1coc(NC(=O)C(C)(C)N2CCNCC2)n1. The number of carbonyl (C=O) groups excluding carboxylic acids is 1. The van der Waals surface area contributed by atoms with E-state index in [4.69, 9.17) is 4.42 Å². The molecule has 6 heteroatoms. The van der Waals surface area contributed by atoms with Crippen molar-refractivity contribution in [3.8, 4) is 0 Å². The van der Waals surface area contributed by atoms with Gasteiger partial charge >= 0.3 is 6.01 Å². The minimum atomic E-state index is -0.565. The van der Waals surface area contributed by atoms with E-state index < -0.39 is 5.54 Å². The van der Waals surface area contributed by atoms with E-state index >= 15 is 0 Å². The Morgan fingerprint density at radius 2 is 2.17 bits per heavy atom. The number of amides is 1. The third-order valence-corrected chi connectivity index (χ3v) is 3.30. The Balaban J connectivity index is 2.02. The highest BCUT2D eigenvalue weighted by Crippen LogP contribution is 2.18. The van der Waals surface area contributed by atoms with Gasteiger partial charge < -0.3 is 9.73 Å². The first-order valence-electron chi connectivity index (χ1n) is 6.19. The van der Waals surface area contributed by atoms with E-state index in [9.17, 15) is 4.79 Å². The second kappa shape index (κ2) is 5.07. The number of piperazine rings is 1. The maximum atomic E-state index is 12.3. The maximum absolute atomic E-state index is 12.3. The van der Waals surface area contributed by atoms with Crippen molar-refractivity contribution in [1.82, 2.24) is 15.2 Å². The quantitative estimate of drug-likeness (QED) is 0.824. The molecule has 1 aromatic rings. The molecule has 1 aliphatic heterocycles. The maximum Gasteiger partial charge on any atom is 0.301 e. The van der Waals surface area contributed by atoms with E-state index in [0.717, 1.165) is 31.9 Å². The summed E-state index contributed by atoms with van der Waals surface area (Å²) < 4.78 is 5.14. The van der Waals surface area contributed by atoms with Crippen LogP contribution in [0, 0.1) is 6.92 Å². The van der Waals surface area contributed by atoms with E-state index in [1.54, 1.807) is 0 Å². The van der Waals surface area contributed by atoms with Gasteiger partial charge in [0.2, 0.25) is 5.91 Å². The smallest absolute Gasteiger partial charge is 0.301 e. The molecule has 2 rings (SSSR count). The summed E-state index contributed by atoms with van der Waals surface area (Å²) in [6, 6.07) is 0.265. The molecule has 0 radical (unpaired) electrons. The van der Waals surface area contributed by atoms with Crippen LogP contribution in [0.25, 0.3) is 0 Å². The number of hydrogen-bond acceptors (Lipinski definition) is 5. The zero-order valence-corrected chi connectivity index (χ0v) is 11.1. The fourth-order valence-electron chi connectivity index (χ4n) is 2.03. The summed E-state index contributed by atoms with van der Waals surface area (Å²) in [6.07, 6.45) is 1.52. The second-order valence-electron chi connectivity index (χ2n) is 5.04. The average Bonchev–Trinajstić information content (AvgIpc) is 2.76. The Bertz CT molecular complexity index is 421.